The highest BCUT2D eigenvalue weighted by Gasteiger charge is 2.14. The molecule has 1 N–H and O–H groups in total. The van der Waals surface area contributed by atoms with E-state index in [1.807, 2.05) is 0 Å². The lowest BCUT2D eigenvalue weighted by Gasteiger charge is -2.07. The molecule has 0 fully saturated rings. The van der Waals surface area contributed by atoms with E-state index in [-0.39, 0.29) is 5.92 Å². The Morgan fingerprint density at radius 1 is 1.58 bits per heavy atom. The molecule has 0 unspecified atom stereocenters. The van der Waals surface area contributed by atoms with Gasteiger partial charge in [-0.15, -0.1) is 12.3 Å². The van der Waals surface area contributed by atoms with Crippen molar-refractivity contribution < 1.29 is 9.90 Å². The second-order valence-electron chi connectivity index (χ2n) is 2.94. The van der Waals surface area contributed by atoms with Crippen molar-refractivity contribution in [3.63, 3.8) is 0 Å². The second kappa shape index (κ2) is 6.72. The summed E-state index contributed by atoms with van der Waals surface area (Å²) in [5.41, 5.74) is 0. The molecule has 0 radical (unpaired) electrons. The number of rotatable bonds is 6. The molecular weight excluding hydrogens is 152 g/mol. The van der Waals surface area contributed by atoms with Crippen molar-refractivity contribution in [3.05, 3.63) is 0 Å². The highest BCUT2D eigenvalue weighted by molar-refractivity contribution is 5.70. The van der Waals surface area contributed by atoms with Gasteiger partial charge in [-0.05, 0) is 6.42 Å². The van der Waals surface area contributed by atoms with Crippen LogP contribution in [-0.4, -0.2) is 11.1 Å². The first kappa shape index (κ1) is 11.0. The summed E-state index contributed by atoms with van der Waals surface area (Å²) in [6.45, 7) is 2.09. The van der Waals surface area contributed by atoms with Gasteiger partial charge in [-0.25, -0.2) is 0 Å². The van der Waals surface area contributed by atoms with Crippen LogP contribution in [0.15, 0.2) is 0 Å². The third kappa shape index (κ3) is 4.79. The molecule has 2 nitrogen and oxygen atoms in total. The van der Waals surface area contributed by atoms with Gasteiger partial charge in [0.15, 0.2) is 0 Å². The summed E-state index contributed by atoms with van der Waals surface area (Å²) in [4.78, 5) is 10.6. The topological polar surface area (TPSA) is 37.3 Å². The number of carboxylic acids is 1. The summed E-state index contributed by atoms with van der Waals surface area (Å²) in [5.74, 6) is 1.30. The van der Waals surface area contributed by atoms with Crippen molar-refractivity contribution in [2.24, 2.45) is 5.92 Å². The van der Waals surface area contributed by atoms with Crippen LogP contribution in [-0.2, 0) is 4.79 Å². The van der Waals surface area contributed by atoms with Crippen molar-refractivity contribution >= 4 is 5.97 Å². The van der Waals surface area contributed by atoms with Crippen molar-refractivity contribution in [2.45, 2.75) is 39.0 Å². The molecule has 0 aromatic carbocycles. The molecule has 0 aromatic heterocycles. The fourth-order valence-corrected chi connectivity index (χ4v) is 1.10. The van der Waals surface area contributed by atoms with Gasteiger partial charge < -0.3 is 5.11 Å². The fourth-order valence-electron chi connectivity index (χ4n) is 1.10. The second-order valence-corrected chi connectivity index (χ2v) is 2.94. The molecule has 0 aliphatic heterocycles. The molecule has 0 heterocycles. The molecule has 0 aliphatic carbocycles. The maximum absolute atomic E-state index is 10.6. The maximum Gasteiger partial charge on any atom is 0.307 e. The average Bonchev–Trinajstić information content (AvgIpc) is 2.03. The Balaban J connectivity index is 3.65. The van der Waals surface area contributed by atoms with E-state index in [1.54, 1.807) is 0 Å². The van der Waals surface area contributed by atoms with E-state index >= 15 is 0 Å². The molecular formula is C10H16O2. The molecule has 0 bridgehead atoms. The molecule has 1 atom stereocenters. The quantitative estimate of drug-likeness (QED) is 0.488. The predicted octanol–water partition coefficient (Wildman–Crippen LogP) is 2.29. The van der Waals surface area contributed by atoms with Gasteiger partial charge in [0.1, 0.15) is 0 Å². The summed E-state index contributed by atoms with van der Waals surface area (Å²) >= 11 is 0. The van der Waals surface area contributed by atoms with E-state index in [4.69, 9.17) is 11.5 Å². The van der Waals surface area contributed by atoms with Gasteiger partial charge in [0, 0.05) is 6.42 Å². The van der Waals surface area contributed by atoms with Crippen LogP contribution in [0.1, 0.15) is 39.0 Å². The number of carbonyl (C=O) groups is 1. The largest absolute Gasteiger partial charge is 0.481 e. The Morgan fingerprint density at radius 2 is 2.25 bits per heavy atom. The van der Waals surface area contributed by atoms with Gasteiger partial charge in [0.2, 0.25) is 0 Å². The number of hydrogen-bond donors (Lipinski definition) is 1. The first-order valence-corrected chi connectivity index (χ1v) is 4.38. The number of hydrogen-bond acceptors (Lipinski definition) is 1. The minimum absolute atomic E-state index is 0.332. The highest BCUT2D eigenvalue weighted by atomic mass is 16.4. The first-order valence-electron chi connectivity index (χ1n) is 4.38. The summed E-state index contributed by atoms with van der Waals surface area (Å²) in [7, 11) is 0. The minimum Gasteiger partial charge on any atom is -0.481 e. The SMILES string of the molecule is C#CC[C@H](CCCCC)C(=O)O. The average molecular weight is 168 g/mol. The Labute approximate surface area is 74.0 Å². The molecule has 2 heteroatoms. The van der Waals surface area contributed by atoms with Crippen LogP contribution in [0.2, 0.25) is 0 Å². The number of terminal acetylenes is 1. The third-order valence-electron chi connectivity index (χ3n) is 1.87. The van der Waals surface area contributed by atoms with E-state index in [2.05, 4.69) is 12.8 Å². The lowest BCUT2D eigenvalue weighted by molar-refractivity contribution is -0.141. The van der Waals surface area contributed by atoms with Crippen LogP contribution in [0.4, 0.5) is 0 Å². The van der Waals surface area contributed by atoms with E-state index in [0.717, 1.165) is 19.3 Å². The van der Waals surface area contributed by atoms with Crippen molar-refractivity contribution in [1.82, 2.24) is 0 Å². The number of carboxylic acid groups (broad SMARTS) is 1. The van der Waals surface area contributed by atoms with Gasteiger partial charge in [-0.3, -0.25) is 4.79 Å². The van der Waals surface area contributed by atoms with Crippen LogP contribution >= 0.6 is 0 Å². The smallest absolute Gasteiger partial charge is 0.307 e. The monoisotopic (exact) mass is 168 g/mol. The molecule has 0 amide bonds. The predicted molar refractivity (Wildman–Crippen MR) is 48.7 cm³/mol. The van der Waals surface area contributed by atoms with Gasteiger partial charge in [0.25, 0.3) is 0 Å². The molecule has 0 spiro atoms. The Bertz CT molecular complexity index is 167. The zero-order chi connectivity index (χ0) is 9.40. The molecule has 68 valence electrons. The van der Waals surface area contributed by atoms with Crippen LogP contribution in [0.5, 0.6) is 0 Å². The zero-order valence-electron chi connectivity index (χ0n) is 7.55. The lowest BCUT2D eigenvalue weighted by atomic mass is 9.98. The van der Waals surface area contributed by atoms with Gasteiger partial charge >= 0.3 is 5.97 Å². The molecule has 0 saturated carbocycles. The third-order valence-corrected chi connectivity index (χ3v) is 1.87. The van der Waals surface area contributed by atoms with Gasteiger partial charge in [-0.1, -0.05) is 26.2 Å². The molecule has 12 heavy (non-hydrogen) atoms. The zero-order valence-corrected chi connectivity index (χ0v) is 7.55. The van der Waals surface area contributed by atoms with E-state index in [0.29, 0.717) is 12.8 Å². The summed E-state index contributed by atoms with van der Waals surface area (Å²) < 4.78 is 0. The normalized spacial score (nSPS) is 12.0. The van der Waals surface area contributed by atoms with Gasteiger partial charge in [-0.2, -0.15) is 0 Å². The fraction of sp³-hybridized carbons (Fsp3) is 0.700. The Morgan fingerprint density at radius 3 is 2.67 bits per heavy atom. The van der Waals surface area contributed by atoms with Crippen LogP contribution in [0.3, 0.4) is 0 Å². The van der Waals surface area contributed by atoms with Crippen molar-refractivity contribution in [2.75, 3.05) is 0 Å². The summed E-state index contributed by atoms with van der Waals surface area (Å²) in [5, 5.41) is 8.71. The van der Waals surface area contributed by atoms with Crippen LogP contribution < -0.4 is 0 Å². The van der Waals surface area contributed by atoms with E-state index in [1.165, 1.54) is 0 Å². The highest BCUT2D eigenvalue weighted by Crippen LogP contribution is 2.13. The van der Waals surface area contributed by atoms with E-state index in [9.17, 15) is 4.79 Å². The molecule has 0 saturated heterocycles. The molecule has 0 rings (SSSR count). The van der Waals surface area contributed by atoms with Crippen molar-refractivity contribution in [1.29, 1.82) is 0 Å². The minimum atomic E-state index is -0.760. The summed E-state index contributed by atoms with van der Waals surface area (Å²) in [6.07, 6.45) is 9.31. The summed E-state index contributed by atoms with van der Waals surface area (Å²) in [6, 6.07) is 0. The standard InChI is InChI=1S/C10H16O2/c1-3-5-6-8-9(7-4-2)10(11)12/h2,9H,3,5-8H2,1H3,(H,11,12)/t9-/m1/s1. The maximum atomic E-state index is 10.6. The van der Waals surface area contributed by atoms with Crippen molar-refractivity contribution in [3.8, 4) is 12.3 Å². The van der Waals surface area contributed by atoms with E-state index < -0.39 is 5.97 Å². The Hall–Kier alpha value is -0.970. The number of aliphatic carboxylic acids is 1. The molecule has 0 aliphatic rings. The Kier molecular flexibility index (Phi) is 6.18. The van der Waals surface area contributed by atoms with Gasteiger partial charge in [0.05, 0.1) is 5.92 Å². The van der Waals surface area contributed by atoms with Crippen LogP contribution in [0.25, 0.3) is 0 Å². The van der Waals surface area contributed by atoms with Crippen LogP contribution in [0, 0.1) is 18.3 Å². The lowest BCUT2D eigenvalue weighted by Crippen LogP contribution is -2.12. The number of unbranched alkanes of at least 4 members (excludes halogenated alkanes) is 2. The molecule has 0 aromatic rings. The first-order chi connectivity index (χ1) is 5.72.